The van der Waals surface area contributed by atoms with E-state index in [-0.39, 0.29) is 36.8 Å². The Balaban J connectivity index is 0.00000144. The predicted octanol–water partition coefficient (Wildman–Crippen LogP) is 3.83. The van der Waals surface area contributed by atoms with Crippen LogP contribution in [0.15, 0.2) is 34.1 Å². The molecule has 2 heterocycles. The van der Waals surface area contributed by atoms with E-state index in [0.717, 1.165) is 46.7 Å². The summed E-state index contributed by atoms with van der Waals surface area (Å²) in [5.41, 5.74) is 1.91. The largest absolute Gasteiger partial charge is 0.352 e. The first-order valence-corrected chi connectivity index (χ1v) is 9.08. The molecule has 0 saturated carbocycles. The second kappa shape index (κ2) is 10.4. The molecular weight excluding hydrogens is 433 g/mol. The van der Waals surface area contributed by atoms with E-state index in [0.29, 0.717) is 6.42 Å². The molecule has 132 valence electrons. The monoisotopic (exact) mass is 451 g/mol. The number of amides is 1. The number of aromatic nitrogens is 1. The summed E-state index contributed by atoms with van der Waals surface area (Å²) >= 11 is 5.04. The fourth-order valence-corrected chi connectivity index (χ4v) is 3.78. The van der Waals surface area contributed by atoms with Crippen LogP contribution in [0.2, 0.25) is 0 Å². The molecule has 8 heteroatoms. The van der Waals surface area contributed by atoms with Gasteiger partial charge in [0.25, 0.3) is 0 Å². The Morgan fingerprint density at radius 1 is 1.42 bits per heavy atom. The summed E-state index contributed by atoms with van der Waals surface area (Å²) in [5, 5.41) is 9.30. The van der Waals surface area contributed by atoms with Gasteiger partial charge in [0.2, 0.25) is 5.91 Å². The van der Waals surface area contributed by atoms with Crippen molar-refractivity contribution in [3.8, 4) is 10.6 Å². The van der Waals surface area contributed by atoms with E-state index in [1.54, 1.807) is 11.3 Å². The van der Waals surface area contributed by atoms with Crippen LogP contribution >= 0.6 is 52.1 Å². The summed E-state index contributed by atoms with van der Waals surface area (Å²) in [4.78, 5) is 16.7. The molecule has 1 fully saturated rings. The van der Waals surface area contributed by atoms with Gasteiger partial charge in [0.15, 0.2) is 0 Å². The summed E-state index contributed by atoms with van der Waals surface area (Å²) in [5.74, 6) is 0.0554. The van der Waals surface area contributed by atoms with Crippen LogP contribution in [0.1, 0.15) is 18.5 Å². The number of thiazole rings is 1. The van der Waals surface area contributed by atoms with Gasteiger partial charge in [-0.05, 0) is 31.5 Å². The van der Waals surface area contributed by atoms with E-state index in [4.69, 9.17) is 0 Å². The summed E-state index contributed by atoms with van der Waals surface area (Å²) in [6.07, 6.45) is 2.52. The molecule has 24 heavy (non-hydrogen) atoms. The zero-order valence-electron chi connectivity index (χ0n) is 13.0. The molecule has 1 atom stereocenters. The highest BCUT2D eigenvalue weighted by molar-refractivity contribution is 9.10. The third-order valence-corrected chi connectivity index (χ3v) is 5.06. The number of piperidine rings is 1. The maximum Gasteiger partial charge on any atom is 0.226 e. The van der Waals surface area contributed by atoms with Gasteiger partial charge in [0.1, 0.15) is 5.01 Å². The highest BCUT2D eigenvalue weighted by Gasteiger charge is 2.16. The molecule has 1 saturated heterocycles. The van der Waals surface area contributed by atoms with Gasteiger partial charge in [-0.1, -0.05) is 28.1 Å². The van der Waals surface area contributed by atoms with Gasteiger partial charge in [0, 0.05) is 28.0 Å². The summed E-state index contributed by atoms with van der Waals surface area (Å²) in [6.45, 7) is 1.92. The number of hydrogen-bond acceptors (Lipinski definition) is 4. The molecule has 0 aliphatic carbocycles. The lowest BCUT2D eigenvalue weighted by molar-refractivity contribution is -0.121. The van der Waals surface area contributed by atoms with Crippen molar-refractivity contribution in [1.29, 1.82) is 0 Å². The van der Waals surface area contributed by atoms with Crippen LogP contribution in [0.25, 0.3) is 10.6 Å². The second-order valence-corrected chi connectivity index (χ2v) is 7.22. The van der Waals surface area contributed by atoms with Gasteiger partial charge in [-0.15, -0.1) is 36.2 Å². The average Bonchev–Trinajstić information content (AvgIpc) is 2.96. The van der Waals surface area contributed by atoms with Gasteiger partial charge in [-0.2, -0.15) is 0 Å². The van der Waals surface area contributed by atoms with Crippen LogP contribution in [0.3, 0.4) is 0 Å². The van der Waals surface area contributed by atoms with Gasteiger partial charge in [0.05, 0.1) is 12.1 Å². The number of halogens is 3. The summed E-state index contributed by atoms with van der Waals surface area (Å²) in [6, 6.07) is 8.30. The van der Waals surface area contributed by atoms with Crippen molar-refractivity contribution >= 4 is 58.0 Å². The molecule has 0 bridgehead atoms. The van der Waals surface area contributed by atoms with Gasteiger partial charge < -0.3 is 10.6 Å². The SMILES string of the molecule is Cl.Cl.O=C(Cc1csc(-c2cccc(Br)c2)n1)N[C@H]1CCCNC1. The van der Waals surface area contributed by atoms with E-state index >= 15 is 0 Å². The number of rotatable bonds is 4. The minimum absolute atomic E-state index is 0. The van der Waals surface area contributed by atoms with Crippen molar-refractivity contribution in [2.45, 2.75) is 25.3 Å². The minimum atomic E-state index is 0. The van der Waals surface area contributed by atoms with Crippen LogP contribution < -0.4 is 10.6 Å². The van der Waals surface area contributed by atoms with E-state index < -0.39 is 0 Å². The molecule has 0 radical (unpaired) electrons. The fourth-order valence-electron chi connectivity index (χ4n) is 2.56. The molecule has 0 spiro atoms. The van der Waals surface area contributed by atoms with Crippen molar-refractivity contribution in [1.82, 2.24) is 15.6 Å². The van der Waals surface area contributed by atoms with Crippen LogP contribution in [0, 0.1) is 0 Å². The number of nitrogens with one attached hydrogen (secondary N) is 2. The van der Waals surface area contributed by atoms with Crippen molar-refractivity contribution in [3.05, 3.63) is 39.8 Å². The van der Waals surface area contributed by atoms with Gasteiger partial charge in [-0.25, -0.2) is 4.98 Å². The first-order valence-electron chi connectivity index (χ1n) is 7.41. The standard InChI is InChI=1S/C16H18BrN3OS.2ClH/c17-12-4-1-3-11(7-12)16-20-14(10-22-16)8-15(21)19-13-5-2-6-18-9-13;;/h1,3-4,7,10,13,18H,2,5-6,8-9H2,(H,19,21);2*1H/t13-;;/m0../s1. The summed E-state index contributed by atoms with van der Waals surface area (Å²) < 4.78 is 1.03. The lowest BCUT2D eigenvalue weighted by Gasteiger charge is -2.23. The summed E-state index contributed by atoms with van der Waals surface area (Å²) in [7, 11) is 0. The molecule has 1 aliphatic rings. The van der Waals surface area contributed by atoms with Crippen LogP contribution in [-0.2, 0) is 11.2 Å². The fraction of sp³-hybridized carbons (Fsp3) is 0.375. The Bertz CT molecular complexity index is 662. The average molecular weight is 453 g/mol. The Kier molecular flexibility index (Phi) is 9.23. The first kappa shape index (κ1) is 21.4. The van der Waals surface area contributed by atoms with Crippen molar-refractivity contribution in [3.63, 3.8) is 0 Å². The Labute approximate surface area is 166 Å². The van der Waals surface area contributed by atoms with E-state index in [1.807, 2.05) is 29.6 Å². The van der Waals surface area contributed by atoms with Crippen molar-refractivity contribution in [2.75, 3.05) is 13.1 Å². The number of carbonyl (C=O) groups is 1. The lowest BCUT2D eigenvalue weighted by Crippen LogP contribution is -2.46. The highest BCUT2D eigenvalue weighted by Crippen LogP contribution is 2.26. The Hall–Kier alpha value is -0.660. The number of carbonyl (C=O) groups excluding carboxylic acids is 1. The van der Waals surface area contributed by atoms with Gasteiger partial charge in [-0.3, -0.25) is 4.79 Å². The lowest BCUT2D eigenvalue weighted by atomic mass is 10.1. The van der Waals surface area contributed by atoms with Crippen LogP contribution in [0.5, 0.6) is 0 Å². The number of nitrogens with zero attached hydrogens (tertiary/aromatic N) is 1. The Morgan fingerprint density at radius 3 is 2.96 bits per heavy atom. The number of hydrogen-bond donors (Lipinski definition) is 2. The molecule has 0 unspecified atom stereocenters. The molecule has 4 nitrogen and oxygen atoms in total. The molecule has 1 aromatic heterocycles. The van der Waals surface area contributed by atoms with E-state index in [2.05, 4.69) is 31.5 Å². The molecule has 2 N–H and O–H groups in total. The molecule has 2 aromatic rings. The minimum Gasteiger partial charge on any atom is -0.352 e. The molecular formula is C16H20BrCl2N3OS. The van der Waals surface area contributed by atoms with Crippen molar-refractivity contribution < 1.29 is 4.79 Å². The smallest absolute Gasteiger partial charge is 0.226 e. The normalized spacial score (nSPS) is 16.6. The Morgan fingerprint density at radius 2 is 2.25 bits per heavy atom. The van der Waals surface area contributed by atoms with Crippen molar-refractivity contribution in [2.24, 2.45) is 0 Å². The zero-order chi connectivity index (χ0) is 15.4. The maximum atomic E-state index is 12.1. The first-order chi connectivity index (χ1) is 10.7. The molecule has 3 rings (SSSR count). The van der Waals surface area contributed by atoms with Crippen LogP contribution in [0.4, 0.5) is 0 Å². The third kappa shape index (κ3) is 6.01. The number of benzene rings is 1. The van der Waals surface area contributed by atoms with E-state index in [1.165, 1.54) is 0 Å². The van der Waals surface area contributed by atoms with Crippen LogP contribution in [-0.4, -0.2) is 30.0 Å². The molecule has 1 amide bonds. The predicted molar refractivity (Wildman–Crippen MR) is 107 cm³/mol. The third-order valence-electron chi connectivity index (χ3n) is 3.63. The topological polar surface area (TPSA) is 54.0 Å². The van der Waals surface area contributed by atoms with E-state index in [9.17, 15) is 4.79 Å². The molecule has 1 aliphatic heterocycles. The quantitative estimate of drug-likeness (QED) is 0.741. The molecule has 1 aromatic carbocycles. The second-order valence-electron chi connectivity index (χ2n) is 5.44. The van der Waals surface area contributed by atoms with Gasteiger partial charge >= 0.3 is 0 Å². The zero-order valence-corrected chi connectivity index (χ0v) is 17.0. The highest BCUT2D eigenvalue weighted by atomic mass is 79.9. The maximum absolute atomic E-state index is 12.1.